The molecule has 0 bridgehead atoms. The van der Waals surface area contributed by atoms with Gasteiger partial charge in [-0.05, 0) is 26.3 Å². The van der Waals surface area contributed by atoms with E-state index in [0.717, 1.165) is 5.56 Å². The van der Waals surface area contributed by atoms with E-state index in [4.69, 9.17) is 9.15 Å². The minimum Gasteiger partial charge on any atom is -0.462 e. The van der Waals surface area contributed by atoms with E-state index in [0.29, 0.717) is 16.7 Å². The summed E-state index contributed by atoms with van der Waals surface area (Å²) in [6.07, 6.45) is 0. The van der Waals surface area contributed by atoms with Crippen molar-refractivity contribution in [3.05, 3.63) is 57.6 Å². The van der Waals surface area contributed by atoms with Crippen molar-refractivity contribution in [2.45, 2.75) is 20.8 Å². The minimum atomic E-state index is -0.476. The molecule has 0 amide bonds. The summed E-state index contributed by atoms with van der Waals surface area (Å²) in [5.41, 5.74) is 1.66. The van der Waals surface area contributed by atoms with Crippen LogP contribution in [0.5, 0.6) is 0 Å². The summed E-state index contributed by atoms with van der Waals surface area (Å²) in [6.45, 7) is 5.25. The van der Waals surface area contributed by atoms with Crippen LogP contribution < -0.4 is 5.63 Å². The lowest BCUT2D eigenvalue weighted by molar-refractivity contribution is 0.0522. The molecule has 2 aromatic rings. The molecule has 1 heterocycles. The van der Waals surface area contributed by atoms with Gasteiger partial charge in [-0.15, -0.1) is 0 Å². The number of carbonyl (C=O) groups excluding carboxylic acids is 1. The number of aryl methyl sites for hydroxylation is 1. The molecule has 4 nitrogen and oxygen atoms in total. The number of benzene rings is 1. The smallest absolute Gasteiger partial charge is 0.342 e. The van der Waals surface area contributed by atoms with Gasteiger partial charge in [0, 0.05) is 11.1 Å². The van der Waals surface area contributed by atoms with E-state index >= 15 is 0 Å². The second-order valence-electron chi connectivity index (χ2n) is 4.41. The molecule has 0 unspecified atom stereocenters. The molecule has 4 heteroatoms. The van der Waals surface area contributed by atoms with Gasteiger partial charge < -0.3 is 9.15 Å². The first-order chi connectivity index (χ1) is 9.56. The Bertz CT molecular complexity index is 684. The highest BCUT2D eigenvalue weighted by atomic mass is 16.5. The zero-order valence-corrected chi connectivity index (χ0v) is 11.7. The Hall–Kier alpha value is -2.36. The SMILES string of the molecule is CCOC(=O)c1c(C)oc(=O)c(C)c1-c1ccccc1. The van der Waals surface area contributed by atoms with Gasteiger partial charge in [-0.2, -0.15) is 0 Å². The lowest BCUT2D eigenvalue weighted by Crippen LogP contribution is -2.15. The minimum absolute atomic E-state index is 0.269. The molecule has 0 aliphatic heterocycles. The van der Waals surface area contributed by atoms with Gasteiger partial charge in [-0.1, -0.05) is 30.3 Å². The Kier molecular flexibility index (Phi) is 4.03. The average molecular weight is 272 g/mol. The molecule has 2 rings (SSSR count). The van der Waals surface area contributed by atoms with Crippen LogP contribution in [0.1, 0.15) is 28.6 Å². The summed E-state index contributed by atoms with van der Waals surface area (Å²) >= 11 is 0. The summed E-state index contributed by atoms with van der Waals surface area (Å²) in [5, 5.41) is 0. The summed E-state index contributed by atoms with van der Waals surface area (Å²) in [7, 11) is 0. The Balaban J connectivity index is 2.76. The number of esters is 1. The molecule has 104 valence electrons. The van der Waals surface area contributed by atoms with Gasteiger partial charge in [0.2, 0.25) is 0 Å². The molecular formula is C16H16O4. The van der Waals surface area contributed by atoms with Crippen LogP contribution in [0.3, 0.4) is 0 Å². The second-order valence-corrected chi connectivity index (χ2v) is 4.41. The number of hydrogen-bond donors (Lipinski definition) is 0. The van der Waals surface area contributed by atoms with Crippen molar-refractivity contribution in [2.24, 2.45) is 0 Å². The summed E-state index contributed by atoms with van der Waals surface area (Å²) < 4.78 is 10.2. The molecular weight excluding hydrogens is 256 g/mol. The summed E-state index contributed by atoms with van der Waals surface area (Å²) in [5.74, 6) is -0.200. The highest BCUT2D eigenvalue weighted by Gasteiger charge is 2.22. The Morgan fingerprint density at radius 2 is 1.85 bits per heavy atom. The zero-order valence-electron chi connectivity index (χ0n) is 11.7. The second kappa shape index (κ2) is 5.74. The maximum atomic E-state index is 12.1. The van der Waals surface area contributed by atoms with Gasteiger partial charge in [0.15, 0.2) is 0 Å². The summed E-state index contributed by atoms with van der Waals surface area (Å²) in [6, 6.07) is 9.29. The fourth-order valence-electron chi connectivity index (χ4n) is 2.15. The normalized spacial score (nSPS) is 10.3. The third-order valence-corrected chi connectivity index (χ3v) is 3.07. The van der Waals surface area contributed by atoms with Gasteiger partial charge in [0.25, 0.3) is 0 Å². The maximum Gasteiger partial charge on any atom is 0.342 e. The fraction of sp³-hybridized carbons (Fsp3) is 0.250. The molecule has 1 aromatic heterocycles. The molecule has 0 aliphatic carbocycles. The number of hydrogen-bond acceptors (Lipinski definition) is 4. The van der Waals surface area contributed by atoms with Crippen molar-refractivity contribution < 1.29 is 13.9 Å². The molecule has 0 fully saturated rings. The van der Waals surface area contributed by atoms with Crippen LogP contribution in [0.25, 0.3) is 11.1 Å². The van der Waals surface area contributed by atoms with E-state index in [9.17, 15) is 9.59 Å². The first kappa shape index (κ1) is 14.1. The van der Waals surface area contributed by atoms with Crippen LogP contribution in [-0.2, 0) is 4.74 Å². The van der Waals surface area contributed by atoms with Gasteiger partial charge in [0.05, 0.1) is 6.61 Å². The van der Waals surface area contributed by atoms with Crippen molar-refractivity contribution in [2.75, 3.05) is 6.61 Å². The Morgan fingerprint density at radius 3 is 2.45 bits per heavy atom. The number of ether oxygens (including phenoxy) is 1. The molecule has 0 atom stereocenters. The fourth-order valence-corrected chi connectivity index (χ4v) is 2.15. The molecule has 0 radical (unpaired) electrons. The molecule has 0 spiro atoms. The molecule has 0 N–H and O–H groups in total. The van der Waals surface area contributed by atoms with Gasteiger partial charge in [-0.3, -0.25) is 0 Å². The van der Waals surface area contributed by atoms with Crippen LogP contribution in [0.2, 0.25) is 0 Å². The zero-order chi connectivity index (χ0) is 14.7. The average Bonchev–Trinajstić information content (AvgIpc) is 2.43. The third kappa shape index (κ3) is 2.50. The molecule has 0 saturated carbocycles. The van der Waals surface area contributed by atoms with E-state index in [-0.39, 0.29) is 12.4 Å². The van der Waals surface area contributed by atoms with Crippen LogP contribution in [-0.4, -0.2) is 12.6 Å². The molecule has 1 aromatic carbocycles. The predicted octanol–water partition coefficient (Wildman–Crippen LogP) is 3.10. The van der Waals surface area contributed by atoms with Crippen LogP contribution in [0.15, 0.2) is 39.5 Å². The largest absolute Gasteiger partial charge is 0.462 e. The Labute approximate surface area is 117 Å². The van der Waals surface area contributed by atoms with Crippen molar-refractivity contribution >= 4 is 5.97 Å². The van der Waals surface area contributed by atoms with Crippen LogP contribution in [0, 0.1) is 13.8 Å². The molecule has 0 saturated heterocycles. The highest BCUT2D eigenvalue weighted by Crippen LogP contribution is 2.28. The predicted molar refractivity (Wildman–Crippen MR) is 75.8 cm³/mol. The molecule has 20 heavy (non-hydrogen) atoms. The van der Waals surface area contributed by atoms with E-state index in [1.165, 1.54) is 0 Å². The van der Waals surface area contributed by atoms with Crippen LogP contribution in [0.4, 0.5) is 0 Å². The van der Waals surface area contributed by atoms with Crippen LogP contribution >= 0.6 is 0 Å². The van der Waals surface area contributed by atoms with Crippen molar-refractivity contribution in [1.82, 2.24) is 0 Å². The topological polar surface area (TPSA) is 56.5 Å². The Morgan fingerprint density at radius 1 is 1.20 bits per heavy atom. The number of rotatable bonds is 3. The van der Waals surface area contributed by atoms with Crippen molar-refractivity contribution in [1.29, 1.82) is 0 Å². The van der Waals surface area contributed by atoms with Crippen molar-refractivity contribution in [3.8, 4) is 11.1 Å². The summed E-state index contributed by atoms with van der Waals surface area (Å²) in [4.78, 5) is 24.0. The lowest BCUT2D eigenvalue weighted by Gasteiger charge is -2.13. The van der Waals surface area contributed by atoms with E-state index in [1.54, 1.807) is 20.8 Å². The molecule has 0 aliphatic rings. The lowest BCUT2D eigenvalue weighted by atomic mass is 9.96. The van der Waals surface area contributed by atoms with E-state index in [2.05, 4.69) is 0 Å². The third-order valence-electron chi connectivity index (χ3n) is 3.07. The first-order valence-electron chi connectivity index (χ1n) is 6.43. The maximum absolute atomic E-state index is 12.1. The highest BCUT2D eigenvalue weighted by molar-refractivity contribution is 5.98. The monoisotopic (exact) mass is 272 g/mol. The quantitative estimate of drug-likeness (QED) is 0.806. The standard InChI is InChI=1S/C16H16O4/c1-4-19-16(18)14-11(3)20-15(17)10(2)13(14)12-8-6-5-7-9-12/h5-9H,4H2,1-3H3. The van der Waals surface area contributed by atoms with Gasteiger partial charge >= 0.3 is 11.6 Å². The van der Waals surface area contributed by atoms with E-state index < -0.39 is 11.6 Å². The van der Waals surface area contributed by atoms with Crippen molar-refractivity contribution in [3.63, 3.8) is 0 Å². The first-order valence-corrected chi connectivity index (χ1v) is 6.43. The van der Waals surface area contributed by atoms with E-state index in [1.807, 2.05) is 30.3 Å². The number of carbonyl (C=O) groups is 1. The van der Waals surface area contributed by atoms with Gasteiger partial charge in [0.1, 0.15) is 11.3 Å². The van der Waals surface area contributed by atoms with Gasteiger partial charge in [-0.25, -0.2) is 9.59 Å².